The second kappa shape index (κ2) is 3.75. The van der Waals surface area contributed by atoms with E-state index in [-0.39, 0.29) is 0 Å². The first-order valence-electron chi connectivity index (χ1n) is 4.57. The molecule has 2 nitrogen and oxygen atoms in total. The van der Waals surface area contributed by atoms with E-state index in [4.69, 9.17) is 0 Å². The highest BCUT2D eigenvalue weighted by molar-refractivity contribution is 9.10. The number of hydrogen-bond donors (Lipinski definition) is 1. The molecule has 0 aliphatic heterocycles. The van der Waals surface area contributed by atoms with Crippen LogP contribution in [0.5, 0.6) is 0 Å². The molecule has 2 aromatic rings. The first-order valence-corrected chi connectivity index (χ1v) is 5.37. The number of benzene rings is 1. The Hall–Kier alpha value is -0.800. The Morgan fingerprint density at radius 1 is 1.36 bits per heavy atom. The van der Waals surface area contributed by atoms with Crippen LogP contribution in [-0.2, 0) is 6.54 Å². The van der Waals surface area contributed by atoms with Crippen molar-refractivity contribution in [3.63, 3.8) is 0 Å². The van der Waals surface area contributed by atoms with Crippen molar-refractivity contribution in [3.8, 4) is 0 Å². The van der Waals surface area contributed by atoms with Crippen LogP contribution < -0.4 is 0 Å². The number of nitrogens with zero attached hydrogens (tertiary/aromatic N) is 1. The molecule has 1 N–H and O–H groups in total. The van der Waals surface area contributed by atoms with E-state index in [9.17, 15) is 0 Å². The minimum atomic E-state index is 0.946. The third-order valence-corrected chi connectivity index (χ3v) is 2.84. The molecule has 0 spiro atoms. The molecule has 0 amide bonds. The van der Waals surface area contributed by atoms with Crippen molar-refractivity contribution in [2.75, 3.05) is 14.1 Å². The molecule has 3 heteroatoms. The minimum absolute atomic E-state index is 0.946. The summed E-state index contributed by atoms with van der Waals surface area (Å²) in [6, 6.07) is 8.40. The largest absolute Gasteiger partial charge is 0.357 e. The summed E-state index contributed by atoms with van der Waals surface area (Å²) in [7, 11) is 4.14. The highest BCUT2D eigenvalue weighted by Crippen LogP contribution is 2.24. The van der Waals surface area contributed by atoms with Gasteiger partial charge in [-0.3, -0.25) is 0 Å². The zero-order valence-electron chi connectivity index (χ0n) is 8.34. The number of rotatable bonds is 2. The van der Waals surface area contributed by atoms with Gasteiger partial charge in [-0.15, -0.1) is 0 Å². The lowest BCUT2D eigenvalue weighted by molar-refractivity contribution is 0.398. The lowest BCUT2D eigenvalue weighted by Crippen LogP contribution is -2.10. The molecule has 0 radical (unpaired) electrons. The number of aromatic nitrogens is 1. The molecule has 1 aromatic carbocycles. The molecule has 0 fully saturated rings. The van der Waals surface area contributed by atoms with Crippen LogP contribution in [0.3, 0.4) is 0 Å². The second-order valence-corrected chi connectivity index (χ2v) is 4.59. The van der Waals surface area contributed by atoms with Gasteiger partial charge in [0.25, 0.3) is 0 Å². The SMILES string of the molecule is CN(C)Cc1cc2c(Br)cccc2[nH]1. The van der Waals surface area contributed by atoms with E-state index in [0.717, 1.165) is 11.0 Å². The van der Waals surface area contributed by atoms with Crippen LogP contribution in [0.25, 0.3) is 10.9 Å². The Morgan fingerprint density at radius 3 is 2.79 bits per heavy atom. The number of H-pyrrole nitrogens is 1. The summed E-state index contributed by atoms with van der Waals surface area (Å²) >= 11 is 3.54. The summed E-state index contributed by atoms with van der Waals surface area (Å²) in [4.78, 5) is 5.55. The first kappa shape index (κ1) is 9.74. The van der Waals surface area contributed by atoms with Crippen LogP contribution in [0.15, 0.2) is 28.7 Å². The quantitative estimate of drug-likeness (QED) is 0.871. The standard InChI is InChI=1S/C11H13BrN2/c1-14(2)7-8-6-9-10(12)4-3-5-11(9)13-8/h3-6,13H,7H2,1-2H3. The fraction of sp³-hybridized carbons (Fsp3) is 0.273. The molecule has 0 unspecified atom stereocenters. The van der Waals surface area contributed by atoms with Crippen molar-refractivity contribution >= 4 is 26.8 Å². The Balaban J connectivity index is 2.46. The van der Waals surface area contributed by atoms with Gasteiger partial charge in [-0.05, 0) is 32.3 Å². The molecule has 1 aromatic heterocycles. The molecular weight excluding hydrogens is 240 g/mol. The Bertz CT molecular complexity index is 445. The van der Waals surface area contributed by atoms with Crippen molar-refractivity contribution in [3.05, 3.63) is 34.4 Å². The summed E-state index contributed by atoms with van der Waals surface area (Å²) < 4.78 is 1.15. The number of fused-ring (bicyclic) bond motifs is 1. The predicted octanol–water partition coefficient (Wildman–Crippen LogP) is 2.99. The molecule has 0 saturated carbocycles. The number of hydrogen-bond acceptors (Lipinski definition) is 1. The Labute approximate surface area is 92.0 Å². The molecule has 0 aliphatic rings. The fourth-order valence-corrected chi connectivity index (χ4v) is 2.08. The number of halogens is 1. The molecular formula is C11H13BrN2. The van der Waals surface area contributed by atoms with Gasteiger partial charge in [0.1, 0.15) is 0 Å². The van der Waals surface area contributed by atoms with E-state index >= 15 is 0 Å². The van der Waals surface area contributed by atoms with E-state index < -0.39 is 0 Å². The van der Waals surface area contributed by atoms with Gasteiger partial charge in [-0.1, -0.05) is 22.0 Å². The molecule has 14 heavy (non-hydrogen) atoms. The van der Waals surface area contributed by atoms with Crippen molar-refractivity contribution in [1.82, 2.24) is 9.88 Å². The van der Waals surface area contributed by atoms with Gasteiger partial charge in [-0.25, -0.2) is 0 Å². The van der Waals surface area contributed by atoms with E-state index in [1.165, 1.54) is 16.6 Å². The van der Waals surface area contributed by atoms with Crippen molar-refractivity contribution < 1.29 is 0 Å². The van der Waals surface area contributed by atoms with Gasteiger partial charge < -0.3 is 9.88 Å². The Kier molecular flexibility index (Phi) is 2.61. The molecule has 0 aliphatic carbocycles. The van der Waals surface area contributed by atoms with Crippen LogP contribution in [0, 0.1) is 0 Å². The fourth-order valence-electron chi connectivity index (χ4n) is 1.60. The summed E-state index contributed by atoms with van der Waals surface area (Å²) in [6.45, 7) is 0.946. The molecule has 2 rings (SSSR count). The maximum absolute atomic E-state index is 3.54. The number of nitrogens with one attached hydrogen (secondary N) is 1. The predicted molar refractivity (Wildman–Crippen MR) is 63.4 cm³/mol. The van der Waals surface area contributed by atoms with Crippen molar-refractivity contribution in [1.29, 1.82) is 0 Å². The lowest BCUT2D eigenvalue weighted by atomic mass is 10.2. The lowest BCUT2D eigenvalue weighted by Gasteiger charge is -2.06. The maximum Gasteiger partial charge on any atom is 0.0467 e. The van der Waals surface area contributed by atoms with Crippen LogP contribution in [0.1, 0.15) is 5.69 Å². The molecule has 0 bridgehead atoms. The summed E-state index contributed by atoms with van der Waals surface area (Å²) in [5.41, 5.74) is 2.44. The summed E-state index contributed by atoms with van der Waals surface area (Å²) in [6.07, 6.45) is 0. The van der Waals surface area contributed by atoms with Gasteiger partial charge in [0.15, 0.2) is 0 Å². The third kappa shape index (κ3) is 1.83. The zero-order valence-corrected chi connectivity index (χ0v) is 9.93. The molecule has 1 heterocycles. The van der Waals surface area contributed by atoms with Crippen LogP contribution in [-0.4, -0.2) is 24.0 Å². The van der Waals surface area contributed by atoms with Crippen LogP contribution >= 0.6 is 15.9 Å². The highest BCUT2D eigenvalue weighted by atomic mass is 79.9. The molecule has 74 valence electrons. The smallest absolute Gasteiger partial charge is 0.0467 e. The van der Waals surface area contributed by atoms with Crippen LogP contribution in [0.2, 0.25) is 0 Å². The summed E-state index contributed by atoms with van der Waals surface area (Å²) in [5.74, 6) is 0. The normalized spacial score (nSPS) is 11.4. The van der Waals surface area contributed by atoms with E-state index in [1.807, 2.05) is 6.07 Å². The van der Waals surface area contributed by atoms with Gasteiger partial charge in [-0.2, -0.15) is 0 Å². The van der Waals surface area contributed by atoms with Gasteiger partial charge in [0.2, 0.25) is 0 Å². The number of aromatic amines is 1. The third-order valence-electron chi connectivity index (χ3n) is 2.15. The second-order valence-electron chi connectivity index (χ2n) is 3.73. The molecule has 0 saturated heterocycles. The highest BCUT2D eigenvalue weighted by Gasteiger charge is 2.03. The van der Waals surface area contributed by atoms with E-state index in [0.29, 0.717) is 0 Å². The molecule has 0 atom stereocenters. The van der Waals surface area contributed by atoms with Crippen molar-refractivity contribution in [2.24, 2.45) is 0 Å². The summed E-state index contributed by atoms with van der Waals surface area (Å²) in [5, 5.41) is 1.25. The Morgan fingerprint density at radius 2 is 2.14 bits per heavy atom. The minimum Gasteiger partial charge on any atom is -0.357 e. The van der Waals surface area contributed by atoms with Crippen LogP contribution in [0.4, 0.5) is 0 Å². The van der Waals surface area contributed by atoms with Crippen molar-refractivity contribution in [2.45, 2.75) is 6.54 Å². The van der Waals surface area contributed by atoms with E-state index in [1.54, 1.807) is 0 Å². The van der Waals surface area contributed by atoms with Gasteiger partial charge in [0.05, 0.1) is 0 Å². The van der Waals surface area contributed by atoms with Gasteiger partial charge >= 0.3 is 0 Å². The first-order chi connectivity index (χ1) is 6.66. The van der Waals surface area contributed by atoms with Gasteiger partial charge in [0, 0.05) is 27.6 Å². The average Bonchev–Trinajstić information content (AvgIpc) is 2.47. The average molecular weight is 253 g/mol. The monoisotopic (exact) mass is 252 g/mol. The topological polar surface area (TPSA) is 19.0 Å². The zero-order chi connectivity index (χ0) is 10.1. The van der Waals surface area contributed by atoms with E-state index in [2.05, 4.69) is 58.1 Å². The maximum atomic E-state index is 3.54.